The van der Waals surface area contributed by atoms with E-state index < -0.39 is 5.91 Å². The Hall–Kier alpha value is -1.78. The molecular weight excluding hydrogens is 194 g/mol. The number of ether oxygens (including phenoxy) is 1. The normalized spacial score (nSPS) is 11.1. The molecule has 0 spiro atoms. The lowest BCUT2D eigenvalue weighted by Gasteiger charge is -2.20. The Bertz CT molecular complexity index is 383. The first kappa shape index (κ1) is 11.3. The van der Waals surface area contributed by atoms with E-state index in [1.165, 1.54) is 12.3 Å². The first-order chi connectivity index (χ1) is 6.79. The van der Waals surface area contributed by atoms with Gasteiger partial charge in [-0.2, -0.15) is 0 Å². The highest BCUT2D eigenvalue weighted by molar-refractivity contribution is 5.97. The van der Waals surface area contributed by atoms with E-state index in [1.807, 2.05) is 20.8 Å². The lowest BCUT2D eigenvalue weighted by Crippen LogP contribution is -2.24. The minimum absolute atomic E-state index is 0.226. The van der Waals surface area contributed by atoms with Crippen molar-refractivity contribution in [1.29, 1.82) is 0 Å². The van der Waals surface area contributed by atoms with Crippen LogP contribution in [-0.2, 0) is 0 Å². The van der Waals surface area contributed by atoms with Gasteiger partial charge in [0.05, 0.1) is 17.4 Å². The van der Waals surface area contributed by atoms with Crippen molar-refractivity contribution in [3.05, 3.63) is 17.8 Å². The van der Waals surface area contributed by atoms with Crippen LogP contribution in [0.5, 0.6) is 5.88 Å². The highest BCUT2D eigenvalue weighted by Gasteiger charge is 2.15. The summed E-state index contributed by atoms with van der Waals surface area (Å²) in [5, 5.41) is 0. The van der Waals surface area contributed by atoms with Crippen molar-refractivity contribution >= 4 is 11.6 Å². The first-order valence-corrected chi connectivity index (χ1v) is 4.54. The zero-order valence-electron chi connectivity index (χ0n) is 9.07. The van der Waals surface area contributed by atoms with Crippen LogP contribution >= 0.6 is 0 Å². The highest BCUT2D eigenvalue weighted by atomic mass is 16.5. The Kier molecular flexibility index (Phi) is 2.83. The molecule has 5 nitrogen and oxygen atoms in total. The van der Waals surface area contributed by atoms with Gasteiger partial charge in [-0.3, -0.25) is 4.79 Å². The number of primary amides is 1. The van der Waals surface area contributed by atoms with Gasteiger partial charge in [0.15, 0.2) is 0 Å². The van der Waals surface area contributed by atoms with E-state index in [0.29, 0.717) is 5.88 Å². The molecule has 1 heterocycles. The molecule has 1 aromatic heterocycles. The van der Waals surface area contributed by atoms with Crippen LogP contribution in [0.4, 0.5) is 5.69 Å². The molecule has 0 fully saturated rings. The molecule has 0 aromatic carbocycles. The largest absolute Gasteiger partial charge is 0.472 e. The Morgan fingerprint density at radius 2 is 2.07 bits per heavy atom. The van der Waals surface area contributed by atoms with Crippen LogP contribution in [0.1, 0.15) is 31.1 Å². The standard InChI is InChI=1S/C10H15N3O2/c1-10(2,3)15-8-4-6(9(12)14)7(11)5-13-8/h4-5H,11H2,1-3H3,(H2,12,14). The summed E-state index contributed by atoms with van der Waals surface area (Å²) in [6.45, 7) is 5.65. The molecule has 4 N–H and O–H groups in total. The number of rotatable bonds is 2. The molecule has 0 atom stereocenters. The number of amides is 1. The Morgan fingerprint density at radius 1 is 1.47 bits per heavy atom. The summed E-state index contributed by atoms with van der Waals surface area (Å²) in [6, 6.07) is 1.45. The van der Waals surface area contributed by atoms with Gasteiger partial charge in [-0.1, -0.05) is 0 Å². The van der Waals surface area contributed by atoms with Gasteiger partial charge in [0.2, 0.25) is 5.88 Å². The maximum absolute atomic E-state index is 11.0. The SMILES string of the molecule is CC(C)(C)Oc1cc(C(N)=O)c(N)cn1. The summed E-state index contributed by atoms with van der Waals surface area (Å²) in [6.07, 6.45) is 1.36. The fourth-order valence-electron chi connectivity index (χ4n) is 1.03. The van der Waals surface area contributed by atoms with Gasteiger partial charge in [-0.05, 0) is 20.8 Å². The zero-order chi connectivity index (χ0) is 11.6. The molecule has 82 valence electrons. The smallest absolute Gasteiger partial charge is 0.251 e. The number of hydrogen-bond acceptors (Lipinski definition) is 4. The quantitative estimate of drug-likeness (QED) is 0.758. The molecule has 5 heteroatoms. The highest BCUT2D eigenvalue weighted by Crippen LogP contribution is 2.19. The molecule has 0 aliphatic rings. The minimum atomic E-state index is -0.589. The van der Waals surface area contributed by atoms with Gasteiger partial charge in [-0.15, -0.1) is 0 Å². The third-order valence-electron chi connectivity index (χ3n) is 1.59. The fourth-order valence-corrected chi connectivity index (χ4v) is 1.03. The molecule has 0 bridgehead atoms. The van der Waals surface area contributed by atoms with Crippen LogP contribution in [0.3, 0.4) is 0 Å². The predicted molar refractivity (Wildman–Crippen MR) is 57.5 cm³/mol. The summed E-state index contributed by atoms with van der Waals surface area (Å²) < 4.78 is 5.47. The molecule has 15 heavy (non-hydrogen) atoms. The van der Waals surface area contributed by atoms with Crippen molar-refractivity contribution in [2.24, 2.45) is 5.73 Å². The number of nitrogens with two attached hydrogens (primary N) is 2. The second-order valence-electron chi connectivity index (χ2n) is 4.19. The van der Waals surface area contributed by atoms with E-state index in [-0.39, 0.29) is 16.9 Å². The Balaban J connectivity index is 3.03. The van der Waals surface area contributed by atoms with Crippen molar-refractivity contribution in [1.82, 2.24) is 4.98 Å². The van der Waals surface area contributed by atoms with Gasteiger partial charge >= 0.3 is 0 Å². The van der Waals surface area contributed by atoms with Gasteiger partial charge in [0.25, 0.3) is 5.91 Å². The van der Waals surface area contributed by atoms with E-state index in [0.717, 1.165) is 0 Å². The molecule has 0 unspecified atom stereocenters. The van der Waals surface area contributed by atoms with Crippen molar-refractivity contribution < 1.29 is 9.53 Å². The van der Waals surface area contributed by atoms with Crippen LogP contribution in [0.2, 0.25) is 0 Å². The predicted octanol–water partition coefficient (Wildman–Crippen LogP) is 0.940. The van der Waals surface area contributed by atoms with Gasteiger partial charge in [0, 0.05) is 6.07 Å². The molecular formula is C10H15N3O2. The number of carbonyl (C=O) groups is 1. The summed E-state index contributed by atoms with van der Waals surface area (Å²) in [5.41, 5.74) is 10.8. The summed E-state index contributed by atoms with van der Waals surface area (Å²) in [4.78, 5) is 15.0. The van der Waals surface area contributed by atoms with Crippen molar-refractivity contribution in [3.8, 4) is 5.88 Å². The van der Waals surface area contributed by atoms with Crippen LogP contribution < -0.4 is 16.2 Å². The van der Waals surface area contributed by atoms with E-state index in [1.54, 1.807) is 0 Å². The molecule has 0 saturated carbocycles. The van der Waals surface area contributed by atoms with Crippen LogP contribution in [0.25, 0.3) is 0 Å². The van der Waals surface area contributed by atoms with Crippen molar-refractivity contribution in [2.45, 2.75) is 26.4 Å². The minimum Gasteiger partial charge on any atom is -0.472 e. The molecule has 0 aliphatic heterocycles. The average Bonchev–Trinajstić information content (AvgIpc) is 2.05. The third-order valence-corrected chi connectivity index (χ3v) is 1.59. The second kappa shape index (κ2) is 3.76. The first-order valence-electron chi connectivity index (χ1n) is 4.54. The van der Waals surface area contributed by atoms with Crippen LogP contribution in [0, 0.1) is 0 Å². The number of anilines is 1. The van der Waals surface area contributed by atoms with Crippen LogP contribution in [-0.4, -0.2) is 16.5 Å². The summed E-state index contributed by atoms with van der Waals surface area (Å²) >= 11 is 0. The maximum atomic E-state index is 11.0. The lowest BCUT2D eigenvalue weighted by atomic mass is 10.2. The van der Waals surface area contributed by atoms with Gasteiger partial charge in [-0.25, -0.2) is 4.98 Å². The van der Waals surface area contributed by atoms with Crippen LogP contribution in [0.15, 0.2) is 12.3 Å². The summed E-state index contributed by atoms with van der Waals surface area (Å²) in [5.74, 6) is -0.251. The molecule has 1 amide bonds. The average molecular weight is 209 g/mol. The van der Waals surface area contributed by atoms with E-state index >= 15 is 0 Å². The Labute approximate surface area is 88.4 Å². The third kappa shape index (κ3) is 3.12. The molecule has 1 aromatic rings. The number of carbonyl (C=O) groups excluding carboxylic acids is 1. The molecule has 0 radical (unpaired) electrons. The molecule has 0 aliphatic carbocycles. The monoisotopic (exact) mass is 209 g/mol. The molecule has 1 rings (SSSR count). The molecule has 0 saturated heterocycles. The van der Waals surface area contributed by atoms with E-state index in [2.05, 4.69) is 4.98 Å². The zero-order valence-corrected chi connectivity index (χ0v) is 9.07. The summed E-state index contributed by atoms with van der Waals surface area (Å²) in [7, 11) is 0. The number of nitrogens with zero attached hydrogens (tertiary/aromatic N) is 1. The maximum Gasteiger partial charge on any atom is 0.251 e. The van der Waals surface area contributed by atoms with E-state index in [9.17, 15) is 4.79 Å². The number of aromatic nitrogens is 1. The number of nitrogen functional groups attached to an aromatic ring is 1. The Morgan fingerprint density at radius 3 is 2.53 bits per heavy atom. The topological polar surface area (TPSA) is 91.2 Å². The lowest BCUT2D eigenvalue weighted by molar-refractivity contribution is 0.0996. The van der Waals surface area contributed by atoms with Crippen molar-refractivity contribution in [3.63, 3.8) is 0 Å². The second-order valence-corrected chi connectivity index (χ2v) is 4.19. The fraction of sp³-hybridized carbons (Fsp3) is 0.400. The number of pyridine rings is 1. The van der Waals surface area contributed by atoms with E-state index in [4.69, 9.17) is 16.2 Å². The van der Waals surface area contributed by atoms with Gasteiger partial charge < -0.3 is 16.2 Å². The van der Waals surface area contributed by atoms with Crippen molar-refractivity contribution in [2.75, 3.05) is 5.73 Å². The number of hydrogen-bond donors (Lipinski definition) is 2. The van der Waals surface area contributed by atoms with Gasteiger partial charge in [0.1, 0.15) is 5.60 Å².